The van der Waals surface area contributed by atoms with Crippen LogP contribution in [0.3, 0.4) is 0 Å². The third-order valence-corrected chi connectivity index (χ3v) is 5.92. The molecule has 0 spiro atoms. The minimum atomic E-state index is -0.332. The largest absolute Gasteiger partial charge is 0.853 e. The second kappa shape index (κ2) is 9.08. The van der Waals surface area contributed by atoms with Gasteiger partial charge < -0.3 is 19.3 Å². The Kier molecular flexibility index (Phi) is 6.20. The zero-order chi connectivity index (χ0) is 23.7. The summed E-state index contributed by atoms with van der Waals surface area (Å²) in [6.45, 7) is -0.168. The predicted octanol–water partition coefficient (Wildman–Crippen LogP) is 2.73. The molecule has 170 valence electrons. The van der Waals surface area contributed by atoms with E-state index in [-0.39, 0.29) is 19.1 Å². The van der Waals surface area contributed by atoms with Gasteiger partial charge in [-0.3, -0.25) is 4.79 Å². The fraction of sp³-hybridized carbons (Fsp3) is 0.259. The van der Waals surface area contributed by atoms with E-state index < -0.39 is 0 Å². The molecule has 4 rings (SSSR count). The van der Waals surface area contributed by atoms with Crippen molar-refractivity contribution >= 4 is 22.6 Å². The normalized spacial score (nSPS) is 11.1. The van der Waals surface area contributed by atoms with E-state index in [1.165, 1.54) is 4.90 Å². The molecule has 0 saturated heterocycles. The highest BCUT2D eigenvalue weighted by Crippen LogP contribution is 2.42. The number of nitrogens with zero attached hydrogens (tertiary/aromatic N) is 3. The standard InChI is InChI=1S/C27H29N3O3/c1-28(2)18-10-12-22-24(16-18)33-25-17-19(29(3)4)11-13-23(25)26(22)20-8-6-7-9-21(20)27(32)30(5)14-15-31/h6-13,16-17H,14-15H2,1-5H3. The molecule has 1 amide bonds. The summed E-state index contributed by atoms with van der Waals surface area (Å²) in [6.07, 6.45) is 0. The average Bonchev–Trinajstić information content (AvgIpc) is 2.81. The summed E-state index contributed by atoms with van der Waals surface area (Å²) in [7, 11) is 9.64. The molecule has 1 aliphatic carbocycles. The van der Waals surface area contributed by atoms with Crippen molar-refractivity contribution in [2.45, 2.75) is 0 Å². The monoisotopic (exact) mass is 443 g/mol. The van der Waals surface area contributed by atoms with Crippen LogP contribution in [0.5, 0.6) is 0 Å². The molecule has 33 heavy (non-hydrogen) atoms. The van der Waals surface area contributed by atoms with Gasteiger partial charge in [-0.15, -0.1) is 6.61 Å². The third kappa shape index (κ3) is 4.22. The van der Waals surface area contributed by atoms with Crippen LogP contribution in [-0.2, 0) is 0 Å². The summed E-state index contributed by atoms with van der Waals surface area (Å²) in [5.74, 6) is 0.577. The molecule has 0 radical (unpaired) electrons. The molecular weight excluding hydrogens is 414 g/mol. The second-order valence-corrected chi connectivity index (χ2v) is 8.60. The minimum Gasteiger partial charge on any atom is -0.853 e. The van der Waals surface area contributed by atoms with Gasteiger partial charge in [0.2, 0.25) is 5.36 Å². The van der Waals surface area contributed by atoms with Gasteiger partial charge in [-0.1, -0.05) is 18.2 Å². The Balaban J connectivity index is 2.09. The molecule has 2 aromatic carbocycles. The molecule has 0 fully saturated rings. The van der Waals surface area contributed by atoms with Gasteiger partial charge in [-0.25, -0.2) is 4.58 Å². The molecule has 6 nitrogen and oxygen atoms in total. The Morgan fingerprint density at radius 1 is 0.970 bits per heavy atom. The molecule has 0 bridgehead atoms. The summed E-state index contributed by atoms with van der Waals surface area (Å²) in [5, 5.41) is 13.1. The molecule has 2 aliphatic rings. The average molecular weight is 444 g/mol. The predicted molar refractivity (Wildman–Crippen MR) is 132 cm³/mol. The van der Waals surface area contributed by atoms with Crippen LogP contribution in [0.25, 0.3) is 33.4 Å². The maximum absolute atomic E-state index is 13.2. The first-order chi connectivity index (χ1) is 15.8. The zero-order valence-corrected chi connectivity index (χ0v) is 19.8. The maximum atomic E-state index is 13.2. The van der Waals surface area contributed by atoms with Gasteiger partial charge in [0.25, 0.3) is 5.91 Å². The first-order valence-electron chi connectivity index (χ1n) is 10.9. The number of amides is 1. The lowest BCUT2D eigenvalue weighted by atomic mass is 9.90. The van der Waals surface area contributed by atoms with Gasteiger partial charge >= 0.3 is 0 Å². The van der Waals surface area contributed by atoms with E-state index >= 15 is 0 Å². The van der Waals surface area contributed by atoms with E-state index in [1.54, 1.807) is 7.05 Å². The lowest BCUT2D eigenvalue weighted by Crippen LogP contribution is -2.33. The summed E-state index contributed by atoms with van der Waals surface area (Å²) in [5.41, 5.74) is 5.03. The van der Waals surface area contributed by atoms with E-state index in [0.29, 0.717) is 5.56 Å². The first kappa shape index (κ1) is 22.6. The van der Waals surface area contributed by atoms with Crippen molar-refractivity contribution < 1.29 is 14.3 Å². The molecule has 2 aromatic rings. The molecule has 1 aliphatic heterocycles. The van der Waals surface area contributed by atoms with Crippen LogP contribution in [0.1, 0.15) is 10.4 Å². The van der Waals surface area contributed by atoms with Crippen LogP contribution in [0.4, 0.5) is 5.69 Å². The first-order valence-corrected chi connectivity index (χ1v) is 10.9. The lowest BCUT2D eigenvalue weighted by molar-refractivity contribution is -0.367. The van der Waals surface area contributed by atoms with Crippen molar-refractivity contribution in [1.82, 2.24) is 9.48 Å². The van der Waals surface area contributed by atoms with Crippen LogP contribution >= 0.6 is 0 Å². The van der Waals surface area contributed by atoms with Crippen molar-refractivity contribution in [1.29, 1.82) is 0 Å². The Morgan fingerprint density at radius 3 is 2.42 bits per heavy atom. The van der Waals surface area contributed by atoms with Crippen LogP contribution in [0.15, 0.2) is 65.1 Å². The third-order valence-electron chi connectivity index (χ3n) is 5.92. The van der Waals surface area contributed by atoms with E-state index in [9.17, 15) is 9.90 Å². The minimum absolute atomic E-state index is 0.164. The number of likely N-dealkylation sites (N-methyl/N-ethyl adjacent to an activating group) is 1. The maximum Gasteiger partial charge on any atom is 0.254 e. The molecule has 0 atom stereocenters. The molecule has 0 saturated carbocycles. The van der Waals surface area contributed by atoms with Crippen LogP contribution < -0.4 is 19.9 Å². The quantitative estimate of drug-likeness (QED) is 0.352. The van der Waals surface area contributed by atoms with E-state index in [2.05, 4.69) is 12.1 Å². The number of hydrogen-bond acceptors (Lipinski definition) is 4. The summed E-state index contributed by atoms with van der Waals surface area (Å²) in [4.78, 5) is 16.8. The van der Waals surface area contributed by atoms with Crippen molar-refractivity contribution in [3.05, 3.63) is 71.6 Å². The van der Waals surface area contributed by atoms with Crippen LogP contribution in [0, 0.1) is 0 Å². The van der Waals surface area contributed by atoms with Crippen molar-refractivity contribution in [2.24, 2.45) is 0 Å². The fourth-order valence-electron chi connectivity index (χ4n) is 4.05. The number of hydrogen-bond donors (Lipinski definition) is 0. The van der Waals surface area contributed by atoms with E-state index in [1.807, 2.05) is 86.2 Å². The number of rotatable bonds is 5. The Morgan fingerprint density at radius 2 is 1.73 bits per heavy atom. The molecule has 0 unspecified atom stereocenters. The van der Waals surface area contributed by atoms with E-state index in [4.69, 9.17) is 4.42 Å². The highest BCUT2D eigenvalue weighted by atomic mass is 16.3. The van der Waals surface area contributed by atoms with E-state index in [0.717, 1.165) is 44.5 Å². The number of fused-ring (bicyclic) bond motifs is 2. The fourth-order valence-corrected chi connectivity index (χ4v) is 4.05. The number of carbonyl (C=O) groups excluding carboxylic acids is 1. The Labute approximate surface area is 194 Å². The SMILES string of the molecule is CN(CC[O-])C(=O)c1ccccc1-c1c2ccc(=[N+](C)C)cc-2oc2cc(N(C)C)ccc12. The van der Waals surface area contributed by atoms with Crippen LogP contribution in [0.2, 0.25) is 0 Å². The Bertz CT molecular complexity index is 1370. The van der Waals surface area contributed by atoms with Crippen molar-refractivity contribution in [3.63, 3.8) is 0 Å². The molecule has 1 heterocycles. The number of benzene rings is 3. The molecule has 6 heteroatoms. The zero-order valence-electron chi connectivity index (χ0n) is 19.8. The summed E-state index contributed by atoms with van der Waals surface area (Å²) >= 11 is 0. The van der Waals surface area contributed by atoms with Gasteiger partial charge in [0.05, 0.1) is 6.07 Å². The summed E-state index contributed by atoms with van der Waals surface area (Å²) in [6, 6.07) is 19.8. The van der Waals surface area contributed by atoms with Crippen molar-refractivity contribution in [3.8, 4) is 22.5 Å². The Hall–Kier alpha value is -3.64. The van der Waals surface area contributed by atoms with Gasteiger partial charge in [-0.2, -0.15) is 0 Å². The van der Waals surface area contributed by atoms with Gasteiger partial charge in [0, 0.05) is 67.6 Å². The lowest BCUT2D eigenvalue weighted by Gasteiger charge is -2.22. The summed E-state index contributed by atoms with van der Waals surface area (Å²) < 4.78 is 8.42. The highest BCUT2D eigenvalue weighted by Gasteiger charge is 2.23. The number of carbonyl (C=O) groups is 1. The molecule has 0 N–H and O–H groups in total. The molecular formula is C27H29N3O3. The highest BCUT2D eigenvalue weighted by molar-refractivity contribution is 6.09. The topological polar surface area (TPSA) is 62.8 Å². The van der Waals surface area contributed by atoms with Crippen molar-refractivity contribution in [2.75, 3.05) is 53.3 Å². The smallest absolute Gasteiger partial charge is 0.254 e. The van der Waals surface area contributed by atoms with Gasteiger partial charge in [0.1, 0.15) is 25.4 Å². The number of anilines is 1. The van der Waals surface area contributed by atoms with Gasteiger partial charge in [-0.05, 0) is 29.8 Å². The molecule has 0 aromatic heterocycles. The second-order valence-electron chi connectivity index (χ2n) is 8.60. The van der Waals surface area contributed by atoms with Crippen LogP contribution in [-0.4, -0.2) is 59.2 Å². The van der Waals surface area contributed by atoms with Gasteiger partial charge in [0.15, 0.2) is 0 Å².